The number of aromatic amines is 1. The van der Waals surface area contributed by atoms with Gasteiger partial charge in [-0.05, 0) is 37.6 Å². The molecule has 2 heterocycles. The summed E-state index contributed by atoms with van der Waals surface area (Å²) in [6.45, 7) is 5.46. The molecule has 0 aliphatic rings. The zero-order valence-corrected chi connectivity index (χ0v) is 16.5. The topological polar surface area (TPSA) is 100 Å². The smallest absolute Gasteiger partial charge is 0.216 e. The Labute approximate surface area is 168 Å². The first-order valence-electron chi connectivity index (χ1n) is 9.58. The highest BCUT2D eigenvalue weighted by atomic mass is 19.1. The van der Waals surface area contributed by atoms with Crippen LogP contribution < -0.4 is 15.4 Å². The fraction of sp³-hybridized carbons (Fsp3) is 0.350. The highest BCUT2D eigenvalue weighted by Crippen LogP contribution is 2.18. The van der Waals surface area contributed by atoms with E-state index >= 15 is 0 Å². The molecule has 0 bridgehead atoms. The number of furan rings is 1. The number of para-hydroxylation sites is 1. The highest BCUT2D eigenvalue weighted by molar-refractivity contribution is 5.79. The van der Waals surface area contributed by atoms with Gasteiger partial charge in [0.2, 0.25) is 5.82 Å². The van der Waals surface area contributed by atoms with Crippen LogP contribution in [0.4, 0.5) is 4.39 Å². The van der Waals surface area contributed by atoms with E-state index < -0.39 is 0 Å². The summed E-state index contributed by atoms with van der Waals surface area (Å²) in [5.74, 6) is 2.18. The van der Waals surface area contributed by atoms with Crippen molar-refractivity contribution in [3.63, 3.8) is 0 Å². The van der Waals surface area contributed by atoms with Crippen LogP contribution in [0.1, 0.15) is 26.1 Å². The first kappa shape index (κ1) is 20.4. The lowest BCUT2D eigenvalue weighted by atomic mass is 10.2. The summed E-state index contributed by atoms with van der Waals surface area (Å²) in [6.07, 6.45) is 2.09. The predicted octanol–water partition coefficient (Wildman–Crippen LogP) is 3.12. The summed E-state index contributed by atoms with van der Waals surface area (Å²) in [5.41, 5.74) is 0. The van der Waals surface area contributed by atoms with Crippen LogP contribution in [0.25, 0.3) is 11.6 Å². The number of aromatic nitrogens is 3. The fourth-order valence-electron chi connectivity index (χ4n) is 2.58. The average molecular weight is 400 g/mol. The summed E-state index contributed by atoms with van der Waals surface area (Å²) < 4.78 is 24.9. The maximum atomic E-state index is 13.8. The van der Waals surface area contributed by atoms with E-state index in [9.17, 15) is 4.39 Å². The summed E-state index contributed by atoms with van der Waals surface area (Å²) in [7, 11) is 0. The van der Waals surface area contributed by atoms with Crippen molar-refractivity contribution in [1.29, 1.82) is 0 Å². The fourth-order valence-corrected chi connectivity index (χ4v) is 2.58. The maximum Gasteiger partial charge on any atom is 0.216 e. The Kier molecular flexibility index (Phi) is 7.21. The van der Waals surface area contributed by atoms with Crippen LogP contribution in [0, 0.1) is 5.82 Å². The van der Waals surface area contributed by atoms with E-state index in [1.165, 1.54) is 6.07 Å². The van der Waals surface area contributed by atoms with Crippen molar-refractivity contribution in [2.45, 2.75) is 32.9 Å². The minimum absolute atomic E-state index is 0.202. The van der Waals surface area contributed by atoms with Gasteiger partial charge in [0, 0.05) is 6.54 Å². The molecule has 9 heteroatoms. The summed E-state index contributed by atoms with van der Waals surface area (Å²) in [4.78, 5) is 8.88. The molecule has 0 radical (unpaired) electrons. The number of nitrogens with zero attached hydrogens (tertiary/aromatic N) is 3. The Morgan fingerprint density at radius 2 is 2.10 bits per heavy atom. The van der Waals surface area contributed by atoms with E-state index in [2.05, 4.69) is 30.8 Å². The molecule has 0 saturated heterocycles. The second-order valence-electron chi connectivity index (χ2n) is 6.24. The van der Waals surface area contributed by atoms with E-state index in [1.54, 1.807) is 36.6 Å². The van der Waals surface area contributed by atoms with Crippen molar-refractivity contribution < 1.29 is 13.5 Å². The number of ether oxygens (including phenoxy) is 1. The van der Waals surface area contributed by atoms with Crippen molar-refractivity contribution in [2.75, 3.05) is 13.1 Å². The number of hydrogen-bond acceptors (Lipinski definition) is 5. The second-order valence-corrected chi connectivity index (χ2v) is 6.24. The molecule has 3 aromatic rings. The van der Waals surface area contributed by atoms with Gasteiger partial charge in [-0.25, -0.2) is 14.4 Å². The molecule has 1 aromatic carbocycles. The van der Waals surface area contributed by atoms with Crippen molar-refractivity contribution in [1.82, 2.24) is 25.8 Å². The molecular formula is C20H25FN6O2. The van der Waals surface area contributed by atoms with Crippen LogP contribution in [0.5, 0.6) is 5.75 Å². The normalized spacial score (nSPS) is 12.6. The molecule has 0 saturated carbocycles. The first-order chi connectivity index (χ1) is 14.2. The minimum Gasteiger partial charge on any atom is -0.486 e. The Morgan fingerprint density at radius 3 is 2.83 bits per heavy atom. The predicted molar refractivity (Wildman–Crippen MR) is 108 cm³/mol. The third-order valence-corrected chi connectivity index (χ3v) is 4.09. The highest BCUT2D eigenvalue weighted by Gasteiger charge is 2.12. The van der Waals surface area contributed by atoms with E-state index in [0.717, 1.165) is 6.42 Å². The van der Waals surface area contributed by atoms with Crippen LogP contribution in [0.2, 0.25) is 0 Å². The van der Waals surface area contributed by atoms with E-state index in [-0.39, 0.29) is 17.7 Å². The van der Waals surface area contributed by atoms with Gasteiger partial charge in [0.25, 0.3) is 0 Å². The Morgan fingerprint density at radius 1 is 1.24 bits per heavy atom. The summed E-state index contributed by atoms with van der Waals surface area (Å²) >= 11 is 0. The van der Waals surface area contributed by atoms with Gasteiger partial charge in [0.1, 0.15) is 18.5 Å². The number of nitrogens with one attached hydrogen (secondary N) is 3. The Bertz CT molecular complexity index is 909. The maximum absolute atomic E-state index is 13.8. The molecule has 3 N–H and O–H groups in total. The molecule has 0 aliphatic carbocycles. The van der Waals surface area contributed by atoms with Crippen LogP contribution in [0.15, 0.2) is 52.1 Å². The van der Waals surface area contributed by atoms with Gasteiger partial charge in [0.15, 0.2) is 23.3 Å². The zero-order chi connectivity index (χ0) is 20.5. The molecule has 154 valence electrons. The largest absolute Gasteiger partial charge is 0.486 e. The third-order valence-electron chi connectivity index (χ3n) is 4.09. The van der Waals surface area contributed by atoms with Gasteiger partial charge >= 0.3 is 0 Å². The number of hydrogen-bond donors (Lipinski definition) is 3. The number of rotatable bonds is 9. The molecular weight excluding hydrogens is 375 g/mol. The lowest BCUT2D eigenvalue weighted by Crippen LogP contribution is -2.42. The Balaban J connectivity index is 1.58. The summed E-state index contributed by atoms with van der Waals surface area (Å²) in [6, 6.07) is 9.97. The molecule has 0 fully saturated rings. The quantitative estimate of drug-likeness (QED) is 0.377. The monoisotopic (exact) mass is 400 g/mol. The number of H-pyrrole nitrogens is 1. The van der Waals surface area contributed by atoms with Crippen molar-refractivity contribution in [2.24, 2.45) is 4.99 Å². The van der Waals surface area contributed by atoms with Crippen molar-refractivity contribution >= 4 is 5.96 Å². The SMILES string of the molecule is CCNC(=NCc1nc(-c2ccco2)n[nH]1)NCC(CC)Oc1ccccc1F. The lowest BCUT2D eigenvalue weighted by Gasteiger charge is -2.20. The zero-order valence-electron chi connectivity index (χ0n) is 16.5. The molecule has 29 heavy (non-hydrogen) atoms. The minimum atomic E-state index is -0.371. The first-order valence-corrected chi connectivity index (χ1v) is 9.58. The molecule has 3 rings (SSSR count). The van der Waals surface area contributed by atoms with Gasteiger partial charge in [-0.3, -0.25) is 5.10 Å². The van der Waals surface area contributed by atoms with E-state index in [0.29, 0.717) is 43.0 Å². The van der Waals surface area contributed by atoms with Gasteiger partial charge < -0.3 is 19.8 Å². The average Bonchev–Trinajstić information content (AvgIpc) is 3.42. The van der Waals surface area contributed by atoms with Gasteiger partial charge in [-0.1, -0.05) is 19.1 Å². The lowest BCUT2D eigenvalue weighted by molar-refractivity contribution is 0.191. The summed E-state index contributed by atoms with van der Waals surface area (Å²) in [5, 5.41) is 13.4. The van der Waals surface area contributed by atoms with Gasteiger partial charge in [-0.15, -0.1) is 5.10 Å². The number of halogens is 1. The van der Waals surface area contributed by atoms with E-state index in [1.807, 2.05) is 13.8 Å². The second kappa shape index (κ2) is 10.3. The van der Waals surface area contributed by atoms with Crippen LogP contribution >= 0.6 is 0 Å². The Hall–Kier alpha value is -3.36. The van der Waals surface area contributed by atoms with Crippen LogP contribution in [0.3, 0.4) is 0 Å². The number of aliphatic imine (C=N–C) groups is 1. The third kappa shape index (κ3) is 5.81. The van der Waals surface area contributed by atoms with Gasteiger partial charge in [-0.2, -0.15) is 0 Å². The van der Waals surface area contributed by atoms with Crippen LogP contribution in [-0.2, 0) is 6.54 Å². The van der Waals surface area contributed by atoms with Crippen molar-refractivity contribution in [3.05, 3.63) is 54.3 Å². The number of benzene rings is 1. The molecule has 2 aromatic heterocycles. The molecule has 8 nitrogen and oxygen atoms in total. The number of guanidine groups is 1. The molecule has 0 spiro atoms. The van der Waals surface area contributed by atoms with Crippen LogP contribution in [-0.4, -0.2) is 40.3 Å². The molecule has 1 unspecified atom stereocenters. The standard InChI is InChI=1S/C20H25FN6O2/c1-3-14(29-16-9-6-5-8-15(16)21)12-23-20(22-4-2)24-13-18-25-19(27-26-18)17-10-7-11-28-17/h5-11,14H,3-4,12-13H2,1-2H3,(H2,22,23,24)(H,25,26,27). The van der Waals surface area contributed by atoms with E-state index in [4.69, 9.17) is 9.15 Å². The van der Waals surface area contributed by atoms with Crippen molar-refractivity contribution in [3.8, 4) is 17.3 Å². The van der Waals surface area contributed by atoms with Gasteiger partial charge in [0.05, 0.1) is 12.8 Å². The molecule has 0 amide bonds. The molecule has 0 aliphatic heterocycles. The molecule has 1 atom stereocenters.